The third-order valence-corrected chi connectivity index (χ3v) is 2.62. The number of nitrogens with zero attached hydrogens (tertiary/aromatic N) is 5. The van der Waals surface area contributed by atoms with Crippen LogP contribution in [0.1, 0.15) is 5.82 Å². The highest BCUT2D eigenvalue weighted by Gasteiger charge is 2.24. The van der Waals surface area contributed by atoms with Crippen LogP contribution in [0.3, 0.4) is 0 Å². The molecule has 1 aromatic carbocycles. The van der Waals surface area contributed by atoms with E-state index in [1.165, 1.54) is 4.57 Å². The van der Waals surface area contributed by atoms with Gasteiger partial charge in [0.05, 0.1) is 38.8 Å². The van der Waals surface area contributed by atoms with E-state index < -0.39 is 37.6 Å². The minimum atomic E-state index is -1.46. The van der Waals surface area contributed by atoms with Crippen molar-refractivity contribution in [3.05, 3.63) is 60.7 Å². The number of imidazole rings is 1. The van der Waals surface area contributed by atoms with Crippen molar-refractivity contribution in [2.75, 3.05) is 0 Å². The number of aromatic amines is 1. The fourth-order valence-corrected chi connectivity index (χ4v) is 1.48. The number of hydrogen-bond acceptors (Lipinski definition) is 8. The molecule has 0 radical (unpaired) electrons. The molecule has 1 heterocycles. The number of rotatable bonds is 3. The van der Waals surface area contributed by atoms with E-state index >= 15 is 0 Å². The summed E-state index contributed by atoms with van der Waals surface area (Å²) in [5.74, 6) is -0.604. The van der Waals surface area contributed by atoms with E-state index in [4.69, 9.17) is 5.26 Å². The second kappa shape index (κ2) is 7.26. The van der Waals surface area contributed by atoms with Crippen LogP contribution in [-0.2, 0) is 0 Å². The number of aromatic nitrogens is 2. The van der Waals surface area contributed by atoms with Gasteiger partial charge < -0.3 is 5.11 Å². The molecule has 0 aliphatic rings. The molecule has 1 N–H and O–H groups in total. The lowest BCUT2D eigenvalue weighted by Gasteiger charge is -2.06. The maximum absolute atomic E-state index is 11.1. The molecular weight excluding hydrogens is 328 g/mol. The van der Waals surface area contributed by atoms with Crippen molar-refractivity contribution in [3.63, 3.8) is 0 Å². The average Bonchev–Trinajstić information content (AvgIpc) is 2.92. The number of aryl methyl sites for hydroxylation is 1. The predicted octanol–water partition coefficient (Wildman–Crippen LogP) is 0.425. The van der Waals surface area contributed by atoms with Gasteiger partial charge in [-0.2, -0.15) is 4.57 Å². The Balaban J connectivity index is 0.000000300. The lowest BCUT2D eigenvalue weighted by atomic mass is 10.2. The Bertz CT molecular complexity index is 818. The Morgan fingerprint density at radius 1 is 1.08 bits per heavy atom. The Kier molecular flexibility index (Phi) is 5.44. The lowest BCUT2D eigenvalue weighted by Crippen LogP contribution is -2.27. The van der Waals surface area contributed by atoms with Crippen molar-refractivity contribution < 1.29 is 24.4 Å². The largest absolute Gasteiger partial charge is 0.863 e. The first-order chi connectivity index (χ1) is 11.2. The van der Waals surface area contributed by atoms with Gasteiger partial charge in [-0.15, -0.1) is 0 Å². The van der Waals surface area contributed by atoms with Crippen molar-refractivity contribution in [1.29, 1.82) is 5.26 Å². The van der Waals surface area contributed by atoms with Crippen molar-refractivity contribution in [1.82, 2.24) is 4.98 Å². The van der Waals surface area contributed by atoms with Crippen LogP contribution in [0.5, 0.6) is 5.75 Å². The zero-order chi connectivity index (χ0) is 18.4. The van der Waals surface area contributed by atoms with Crippen LogP contribution in [0.25, 0.3) is 0 Å². The molecule has 0 saturated carbocycles. The van der Waals surface area contributed by atoms with E-state index in [1.807, 2.05) is 13.1 Å². The van der Waals surface area contributed by atoms with E-state index in [1.54, 1.807) is 12.4 Å². The van der Waals surface area contributed by atoms with Crippen LogP contribution in [0.15, 0.2) is 24.5 Å². The molecule has 0 unspecified atom stereocenters. The van der Waals surface area contributed by atoms with Crippen LogP contribution in [0.4, 0.5) is 17.1 Å². The maximum atomic E-state index is 11.1. The first-order valence-electron chi connectivity index (χ1n) is 5.93. The molecule has 2 aromatic rings. The number of hydrogen-bond donors (Lipinski definition) is 1. The number of nitriles is 1. The summed E-state index contributed by atoms with van der Waals surface area (Å²) < 4.78 is 1.46. The highest BCUT2D eigenvalue weighted by atomic mass is 16.6. The van der Waals surface area contributed by atoms with Gasteiger partial charge in [0.1, 0.15) is 6.20 Å². The standard InChI is InChI=1S/C6H3N3O7.C5H5N3/c10-6-4(8(13)14)1-3(7(11)12)2-5(6)9(15)16;1-5-7-2-3-8(5)4-6/h1-2,10H;2-3H,1H3. The van der Waals surface area contributed by atoms with Gasteiger partial charge in [-0.1, -0.05) is 0 Å². The van der Waals surface area contributed by atoms with Crippen LogP contribution in [0.2, 0.25) is 0 Å². The van der Waals surface area contributed by atoms with Gasteiger partial charge in [0.25, 0.3) is 17.1 Å². The first-order valence-corrected chi connectivity index (χ1v) is 5.93. The number of H-pyrrole nitrogens is 1. The van der Waals surface area contributed by atoms with Crippen LogP contribution < -0.4 is 9.67 Å². The van der Waals surface area contributed by atoms with Gasteiger partial charge in [0.15, 0.2) is 0 Å². The van der Waals surface area contributed by atoms with Gasteiger partial charge in [0.2, 0.25) is 5.82 Å². The number of nitrogens with one attached hydrogen (secondary N) is 1. The number of benzene rings is 1. The summed E-state index contributed by atoms with van der Waals surface area (Å²) in [7, 11) is 0. The molecule has 0 aliphatic heterocycles. The molecule has 0 bridgehead atoms. The number of nitro benzene ring substituents is 3. The van der Waals surface area contributed by atoms with E-state index in [9.17, 15) is 35.4 Å². The molecule has 13 heteroatoms. The van der Waals surface area contributed by atoms with Crippen molar-refractivity contribution in [2.45, 2.75) is 6.92 Å². The van der Waals surface area contributed by atoms with E-state index in [0.29, 0.717) is 12.1 Å². The van der Waals surface area contributed by atoms with Crippen molar-refractivity contribution in [3.8, 4) is 11.9 Å². The van der Waals surface area contributed by atoms with E-state index in [0.717, 1.165) is 5.82 Å². The monoisotopic (exact) mass is 336 g/mol. The Morgan fingerprint density at radius 3 is 1.83 bits per heavy atom. The SMILES string of the molecule is Cc1[nH]cc[n+]1C#N.O=[N+]([O-])c1cc([N+](=O)[O-])c([O-])c([N+](=O)[O-])c1. The summed E-state index contributed by atoms with van der Waals surface area (Å²) >= 11 is 0. The highest BCUT2D eigenvalue weighted by Crippen LogP contribution is 2.36. The minimum absolute atomic E-state index is 0.384. The molecule has 0 fully saturated rings. The van der Waals surface area contributed by atoms with E-state index in [2.05, 4.69) is 4.98 Å². The minimum Gasteiger partial charge on any atom is -0.863 e. The fraction of sp³-hybridized carbons (Fsp3) is 0.0909. The Hall–Kier alpha value is -4.08. The summed E-state index contributed by atoms with van der Waals surface area (Å²) in [4.78, 5) is 30.4. The lowest BCUT2D eigenvalue weighted by molar-refractivity contribution is -0.592. The third kappa shape index (κ3) is 3.98. The molecule has 0 saturated heterocycles. The molecular formula is C11H8N6O7. The molecule has 2 rings (SSSR count). The molecule has 0 aliphatic carbocycles. The summed E-state index contributed by atoms with van der Waals surface area (Å²) in [5, 5.41) is 50.4. The molecule has 13 nitrogen and oxygen atoms in total. The highest BCUT2D eigenvalue weighted by molar-refractivity contribution is 5.63. The number of nitro groups is 3. The molecule has 1 aromatic heterocycles. The van der Waals surface area contributed by atoms with Crippen LogP contribution in [0, 0.1) is 48.7 Å². The molecule has 24 heavy (non-hydrogen) atoms. The fourth-order valence-electron chi connectivity index (χ4n) is 1.48. The van der Waals surface area contributed by atoms with Gasteiger partial charge in [-0.25, -0.2) is 0 Å². The number of non-ortho nitro benzene ring substituents is 1. The van der Waals surface area contributed by atoms with Crippen LogP contribution >= 0.6 is 0 Å². The molecule has 0 atom stereocenters. The summed E-state index contributed by atoms with van der Waals surface area (Å²) in [6.07, 6.45) is 5.36. The molecule has 0 amide bonds. The topological polar surface area (TPSA) is 196 Å². The zero-order valence-electron chi connectivity index (χ0n) is 11.9. The maximum Gasteiger partial charge on any atom is 0.375 e. The Morgan fingerprint density at radius 2 is 1.58 bits per heavy atom. The third-order valence-electron chi connectivity index (χ3n) is 2.62. The Labute approximate surface area is 132 Å². The van der Waals surface area contributed by atoms with Gasteiger partial charge >= 0.3 is 6.19 Å². The molecule has 0 spiro atoms. The van der Waals surface area contributed by atoms with Crippen LogP contribution in [-0.4, -0.2) is 19.8 Å². The summed E-state index contributed by atoms with van der Waals surface area (Å²) in [6, 6.07) is 0.769. The molecule has 124 valence electrons. The quantitative estimate of drug-likeness (QED) is 0.472. The predicted molar refractivity (Wildman–Crippen MR) is 72.6 cm³/mol. The van der Waals surface area contributed by atoms with Gasteiger partial charge in [-0.05, 0) is 0 Å². The normalized spacial score (nSPS) is 9.33. The second-order valence-corrected chi connectivity index (χ2v) is 4.10. The summed E-state index contributed by atoms with van der Waals surface area (Å²) in [6.45, 7) is 1.84. The van der Waals surface area contributed by atoms with Gasteiger partial charge in [0, 0.05) is 12.2 Å². The average molecular weight is 336 g/mol. The zero-order valence-corrected chi connectivity index (χ0v) is 11.9. The second-order valence-electron chi connectivity index (χ2n) is 4.10. The van der Waals surface area contributed by atoms with Crippen molar-refractivity contribution >= 4 is 17.1 Å². The smallest absolute Gasteiger partial charge is 0.375 e. The van der Waals surface area contributed by atoms with Gasteiger partial charge in [-0.3, -0.25) is 35.3 Å². The van der Waals surface area contributed by atoms with Crippen molar-refractivity contribution in [2.24, 2.45) is 0 Å². The van der Waals surface area contributed by atoms with E-state index in [-0.39, 0.29) is 0 Å². The summed E-state index contributed by atoms with van der Waals surface area (Å²) in [5.41, 5.74) is -3.26. The first kappa shape index (κ1) is 18.0.